The highest BCUT2D eigenvalue weighted by molar-refractivity contribution is 9.11. The van der Waals surface area contributed by atoms with Crippen molar-refractivity contribution >= 4 is 31.9 Å². The van der Waals surface area contributed by atoms with Crippen molar-refractivity contribution < 1.29 is 0 Å². The first-order valence-electron chi connectivity index (χ1n) is 4.33. The monoisotopic (exact) mass is 305 g/mol. The van der Waals surface area contributed by atoms with Gasteiger partial charge in [0.2, 0.25) is 0 Å². The maximum Gasteiger partial charge on any atom is 0.0292 e. The maximum absolute atomic E-state index is 3.47. The maximum atomic E-state index is 3.47. The largest absolute Gasteiger partial charge is 0.310 e. The van der Waals surface area contributed by atoms with Crippen molar-refractivity contribution in [2.75, 3.05) is 6.54 Å². The van der Waals surface area contributed by atoms with Crippen LogP contribution in [0.15, 0.2) is 27.1 Å². The van der Waals surface area contributed by atoms with Gasteiger partial charge in [0.15, 0.2) is 0 Å². The molecule has 1 nitrogen and oxygen atoms in total. The molecule has 1 atom stereocenters. The third kappa shape index (κ3) is 3.41. The molecule has 1 aromatic carbocycles. The summed E-state index contributed by atoms with van der Waals surface area (Å²) in [5.74, 6) is 0. The third-order valence-electron chi connectivity index (χ3n) is 1.90. The minimum absolute atomic E-state index is 0.402. The Kier molecular flexibility index (Phi) is 4.42. The molecule has 0 aliphatic rings. The van der Waals surface area contributed by atoms with Crippen LogP contribution in [0.2, 0.25) is 0 Å². The molecule has 13 heavy (non-hydrogen) atoms. The standard InChI is InChI=1S/C10H13Br2N/c1-3-13-7(2)8-4-9(11)6-10(12)5-8/h4-7,13H,3H2,1-2H3. The van der Waals surface area contributed by atoms with Crippen molar-refractivity contribution in [3.63, 3.8) is 0 Å². The Hall–Kier alpha value is 0.140. The Labute approximate surface area is 96.2 Å². The number of rotatable bonds is 3. The van der Waals surface area contributed by atoms with Crippen LogP contribution in [0, 0.1) is 0 Å². The van der Waals surface area contributed by atoms with E-state index in [1.165, 1.54) is 5.56 Å². The van der Waals surface area contributed by atoms with Crippen molar-refractivity contribution in [2.45, 2.75) is 19.9 Å². The molecule has 0 radical (unpaired) electrons. The van der Waals surface area contributed by atoms with E-state index in [2.05, 4.69) is 63.2 Å². The van der Waals surface area contributed by atoms with Crippen LogP contribution in [0.3, 0.4) is 0 Å². The third-order valence-corrected chi connectivity index (χ3v) is 2.81. The molecule has 0 aliphatic carbocycles. The lowest BCUT2D eigenvalue weighted by Gasteiger charge is -2.13. The highest BCUT2D eigenvalue weighted by Crippen LogP contribution is 2.23. The quantitative estimate of drug-likeness (QED) is 0.893. The molecule has 0 saturated heterocycles. The second-order valence-electron chi connectivity index (χ2n) is 2.98. The number of nitrogens with one attached hydrogen (secondary N) is 1. The van der Waals surface area contributed by atoms with Crippen molar-refractivity contribution in [1.82, 2.24) is 5.32 Å². The van der Waals surface area contributed by atoms with Gasteiger partial charge in [-0.05, 0) is 37.2 Å². The Bertz CT molecular complexity index is 266. The molecule has 0 aromatic heterocycles. The second-order valence-corrected chi connectivity index (χ2v) is 4.81. The van der Waals surface area contributed by atoms with E-state index in [1.807, 2.05) is 6.07 Å². The van der Waals surface area contributed by atoms with Gasteiger partial charge in [-0.1, -0.05) is 38.8 Å². The van der Waals surface area contributed by atoms with Crippen LogP contribution in [-0.4, -0.2) is 6.54 Å². The van der Waals surface area contributed by atoms with Crippen LogP contribution in [0.5, 0.6) is 0 Å². The van der Waals surface area contributed by atoms with Gasteiger partial charge >= 0.3 is 0 Å². The summed E-state index contributed by atoms with van der Waals surface area (Å²) in [5, 5.41) is 3.37. The van der Waals surface area contributed by atoms with Crippen molar-refractivity contribution in [3.8, 4) is 0 Å². The SMILES string of the molecule is CCNC(C)c1cc(Br)cc(Br)c1. The number of benzene rings is 1. The normalized spacial score (nSPS) is 12.9. The van der Waals surface area contributed by atoms with Gasteiger partial charge in [0.25, 0.3) is 0 Å². The topological polar surface area (TPSA) is 12.0 Å². The van der Waals surface area contributed by atoms with Crippen LogP contribution < -0.4 is 5.32 Å². The van der Waals surface area contributed by atoms with Crippen LogP contribution in [0.1, 0.15) is 25.5 Å². The fourth-order valence-electron chi connectivity index (χ4n) is 1.25. The lowest BCUT2D eigenvalue weighted by molar-refractivity contribution is 0.597. The number of hydrogen-bond acceptors (Lipinski definition) is 1. The summed E-state index contributed by atoms with van der Waals surface area (Å²) < 4.78 is 2.23. The predicted octanol–water partition coefficient (Wildman–Crippen LogP) is 3.88. The van der Waals surface area contributed by atoms with Gasteiger partial charge in [-0.25, -0.2) is 0 Å². The summed E-state index contributed by atoms with van der Waals surface area (Å²) in [6, 6.07) is 6.72. The summed E-state index contributed by atoms with van der Waals surface area (Å²) in [5.41, 5.74) is 1.29. The minimum atomic E-state index is 0.402. The van der Waals surface area contributed by atoms with Crippen LogP contribution >= 0.6 is 31.9 Å². The molecule has 1 N–H and O–H groups in total. The van der Waals surface area contributed by atoms with E-state index >= 15 is 0 Å². The van der Waals surface area contributed by atoms with E-state index in [0.717, 1.165) is 15.5 Å². The Balaban J connectivity index is 2.87. The lowest BCUT2D eigenvalue weighted by atomic mass is 10.1. The molecule has 0 fully saturated rings. The molecule has 1 rings (SSSR count). The Morgan fingerprint density at radius 2 is 1.77 bits per heavy atom. The number of hydrogen-bond donors (Lipinski definition) is 1. The molecule has 0 heterocycles. The molecule has 3 heteroatoms. The molecule has 0 saturated carbocycles. The molecule has 0 aliphatic heterocycles. The van der Waals surface area contributed by atoms with Crippen molar-refractivity contribution in [2.24, 2.45) is 0 Å². The zero-order valence-corrected chi connectivity index (χ0v) is 10.9. The minimum Gasteiger partial charge on any atom is -0.310 e. The molecule has 0 bridgehead atoms. The first-order valence-corrected chi connectivity index (χ1v) is 5.91. The smallest absolute Gasteiger partial charge is 0.0292 e. The number of halogens is 2. The molecule has 72 valence electrons. The highest BCUT2D eigenvalue weighted by Gasteiger charge is 2.04. The van der Waals surface area contributed by atoms with E-state index in [4.69, 9.17) is 0 Å². The fraction of sp³-hybridized carbons (Fsp3) is 0.400. The zero-order chi connectivity index (χ0) is 9.84. The molecular weight excluding hydrogens is 294 g/mol. The lowest BCUT2D eigenvalue weighted by Crippen LogP contribution is -2.17. The van der Waals surface area contributed by atoms with E-state index in [9.17, 15) is 0 Å². The van der Waals surface area contributed by atoms with Gasteiger partial charge in [0.05, 0.1) is 0 Å². The zero-order valence-electron chi connectivity index (χ0n) is 7.77. The van der Waals surface area contributed by atoms with Gasteiger partial charge in [-0.3, -0.25) is 0 Å². The Morgan fingerprint density at radius 3 is 2.23 bits per heavy atom. The first-order chi connectivity index (χ1) is 6.13. The van der Waals surface area contributed by atoms with Gasteiger partial charge < -0.3 is 5.32 Å². The van der Waals surface area contributed by atoms with Crippen LogP contribution in [0.25, 0.3) is 0 Å². The second kappa shape index (κ2) is 5.13. The summed E-state index contributed by atoms with van der Waals surface area (Å²) in [4.78, 5) is 0. The van der Waals surface area contributed by atoms with Gasteiger partial charge in [0.1, 0.15) is 0 Å². The van der Waals surface area contributed by atoms with E-state index in [1.54, 1.807) is 0 Å². The molecule has 0 amide bonds. The average molecular weight is 307 g/mol. The van der Waals surface area contributed by atoms with Crippen LogP contribution in [-0.2, 0) is 0 Å². The molecule has 1 unspecified atom stereocenters. The summed E-state index contributed by atoms with van der Waals surface area (Å²) >= 11 is 6.95. The summed E-state index contributed by atoms with van der Waals surface area (Å²) in [6.45, 7) is 5.27. The van der Waals surface area contributed by atoms with Gasteiger partial charge in [0, 0.05) is 15.0 Å². The Morgan fingerprint density at radius 1 is 1.23 bits per heavy atom. The average Bonchev–Trinajstić information content (AvgIpc) is 2.03. The van der Waals surface area contributed by atoms with E-state index < -0.39 is 0 Å². The molecule has 1 aromatic rings. The van der Waals surface area contributed by atoms with E-state index in [0.29, 0.717) is 6.04 Å². The fourth-order valence-corrected chi connectivity index (χ4v) is 2.58. The van der Waals surface area contributed by atoms with Crippen molar-refractivity contribution in [3.05, 3.63) is 32.7 Å². The molecule has 0 spiro atoms. The van der Waals surface area contributed by atoms with E-state index in [-0.39, 0.29) is 0 Å². The highest BCUT2D eigenvalue weighted by atomic mass is 79.9. The van der Waals surface area contributed by atoms with Crippen LogP contribution in [0.4, 0.5) is 0 Å². The van der Waals surface area contributed by atoms with Crippen molar-refractivity contribution in [1.29, 1.82) is 0 Å². The summed E-state index contributed by atoms with van der Waals surface area (Å²) in [7, 11) is 0. The van der Waals surface area contributed by atoms with Gasteiger partial charge in [-0.2, -0.15) is 0 Å². The predicted molar refractivity (Wildman–Crippen MR) is 63.9 cm³/mol. The molecular formula is C10H13Br2N. The first kappa shape index (κ1) is 11.2. The van der Waals surface area contributed by atoms with Gasteiger partial charge in [-0.15, -0.1) is 0 Å². The summed E-state index contributed by atoms with van der Waals surface area (Å²) in [6.07, 6.45) is 0.